The molecule has 0 aliphatic carbocycles. The van der Waals surface area contributed by atoms with Gasteiger partial charge in [-0.1, -0.05) is 84.4 Å². The number of hydrogen-bond donors (Lipinski definition) is 1. The lowest BCUT2D eigenvalue weighted by molar-refractivity contribution is 0.196. The van der Waals surface area contributed by atoms with Crippen LogP contribution in [0.4, 0.5) is 4.79 Å². The summed E-state index contributed by atoms with van der Waals surface area (Å²) in [6, 6.07) is 27.3. The molecule has 0 atom stereocenters. The number of benzene rings is 3. The summed E-state index contributed by atoms with van der Waals surface area (Å²) in [6.07, 6.45) is 3.48. The summed E-state index contributed by atoms with van der Waals surface area (Å²) in [5, 5.41) is 3.52. The number of halogens is 1. The molecular formula is C23H21ClN2O. The summed E-state index contributed by atoms with van der Waals surface area (Å²) in [4.78, 5) is 14.5. The largest absolute Gasteiger partial charge is 0.321 e. The average Bonchev–Trinajstić information content (AvgIpc) is 2.69. The molecule has 3 aromatic rings. The normalized spacial score (nSPS) is 10.7. The predicted molar refractivity (Wildman–Crippen MR) is 111 cm³/mol. The lowest BCUT2D eigenvalue weighted by Crippen LogP contribution is -2.36. The number of carbonyl (C=O) groups is 1. The topological polar surface area (TPSA) is 32.3 Å². The molecule has 0 aromatic heterocycles. The molecule has 0 radical (unpaired) electrons. The molecule has 0 bridgehead atoms. The van der Waals surface area contributed by atoms with Crippen LogP contribution in [0.2, 0.25) is 5.02 Å². The molecule has 3 aromatic carbocycles. The second-order valence-corrected chi connectivity index (χ2v) is 6.60. The van der Waals surface area contributed by atoms with Gasteiger partial charge in [-0.05, 0) is 34.9 Å². The Bertz CT molecular complexity index is 853. The van der Waals surface area contributed by atoms with Crippen molar-refractivity contribution < 1.29 is 4.79 Å². The molecule has 27 heavy (non-hydrogen) atoms. The third kappa shape index (κ3) is 6.01. The van der Waals surface area contributed by atoms with E-state index in [9.17, 15) is 4.79 Å². The molecule has 3 nitrogen and oxygen atoms in total. The van der Waals surface area contributed by atoms with E-state index in [1.165, 1.54) is 0 Å². The van der Waals surface area contributed by atoms with E-state index < -0.39 is 0 Å². The summed E-state index contributed by atoms with van der Waals surface area (Å²) in [5.41, 5.74) is 3.10. The van der Waals surface area contributed by atoms with Crippen LogP contribution in [-0.4, -0.2) is 10.9 Å². The standard InChI is InChI=1S/C23H21ClN2O/c24-22-13-7-12-19(16-22)14-15-25-23(27)26(17-20-8-3-1-4-9-20)18-21-10-5-2-6-11-21/h1-16H,17-18H2,(H,25,27)/b15-14+. The van der Waals surface area contributed by atoms with Crippen molar-refractivity contribution in [3.05, 3.63) is 113 Å². The fourth-order valence-electron chi connectivity index (χ4n) is 2.72. The van der Waals surface area contributed by atoms with Crippen LogP contribution < -0.4 is 5.32 Å². The minimum Gasteiger partial charge on any atom is -0.316 e. The molecule has 136 valence electrons. The Kier molecular flexibility index (Phi) is 6.66. The molecule has 2 amide bonds. The molecule has 0 saturated heterocycles. The van der Waals surface area contributed by atoms with Gasteiger partial charge in [0.1, 0.15) is 0 Å². The maximum Gasteiger partial charge on any atom is 0.321 e. The minimum atomic E-state index is -0.152. The van der Waals surface area contributed by atoms with E-state index >= 15 is 0 Å². The first-order chi connectivity index (χ1) is 13.2. The zero-order valence-corrected chi connectivity index (χ0v) is 15.6. The summed E-state index contributed by atoms with van der Waals surface area (Å²) in [6.45, 7) is 1.07. The van der Waals surface area contributed by atoms with Gasteiger partial charge >= 0.3 is 6.03 Å². The van der Waals surface area contributed by atoms with Crippen molar-refractivity contribution in [2.75, 3.05) is 0 Å². The fourth-order valence-corrected chi connectivity index (χ4v) is 2.92. The van der Waals surface area contributed by atoms with Crippen molar-refractivity contribution >= 4 is 23.7 Å². The van der Waals surface area contributed by atoms with E-state index in [0.29, 0.717) is 18.1 Å². The first-order valence-electron chi connectivity index (χ1n) is 8.76. The SMILES string of the molecule is O=C(N/C=C/c1cccc(Cl)c1)N(Cc1ccccc1)Cc1ccccc1. The van der Waals surface area contributed by atoms with Crippen LogP contribution >= 0.6 is 11.6 Å². The maximum absolute atomic E-state index is 12.7. The average molecular weight is 377 g/mol. The molecule has 4 heteroatoms. The lowest BCUT2D eigenvalue weighted by Gasteiger charge is -2.22. The van der Waals surface area contributed by atoms with E-state index in [1.807, 2.05) is 91.0 Å². The van der Waals surface area contributed by atoms with Crippen molar-refractivity contribution in [1.29, 1.82) is 0 Å². The maximum atomic E-state index is 12.7. The van der Waals surface area contributed by atoms with Crippen LogP contribution in [0.15, 0.2) is 91.1 Å². The Hall–Kier alpha value is -3.04. The highest BCUT2D eigenvalue weighted by molar-refractivity contribution is 6.30. The van der Waals surface area contributed by atoms with Gasteiger partial charge in [0.05, 0.1) is 0 Å². The van der Waals surface area contributed by atoms with E-state index in [-0.39, 0.29) is 6.03 Å². The van der Waals surface area contributed by atoms with Gasteiger partial charge in [-0.3, -0.25) is 0 Å². The van der Waals surface area contributed by atoms with Gasteiger partial charge < -0.3 is 10.2 Å². The Morgan fingerprint density at radius 1 is 0.852 bits per heavy atom. The summed E-state index contributed by atoms with van der Waals surface area (Å²) in [7, 11) is 0. The highest BCUT2D eigenvalue weighted by Gasteiger charge is 2.13. The number of nitrogens with one attached hydrogen (secondary N) is 1. The minimum absolute atomic E-state index is 0.152. The van der Waals surface area contributed by atoms with Gasteiger partial charge in [0.25, 0.3) is 0 Å². The summed E-state index contributed by atoms with van der Waals surface area (Å²) in [5.74, 6) is 0. The van der Waals surface area contributed by atoms with E-state index in [1.54, 1.807) is 11.1 Å². The molecule has 0 saturated carbocycles. The zero-order valence-electron chi connectivity index (χ0n) is 14.9. The predicted octanol–water partition coefficient (Wildman–Crippen LogP) is 5.72. The number of nitrogens with zero attached hydrogens (tertiary/aromatic N) is 1. The first-order valence-corrected chi connectivity index (χ1v) is 9.14. The third-order valence-corrected chi connectivity index (χ3v) is 4.29. The van der Waals surface area contributed by atoms with Gasteiger partial charge in [0.2, 0.25) is 0 Å². The number of urea groups is 1. The molecule has 0 heterocycles. The molecule has 0 aliphatic rings. The smallest absolute Gasteiger partial charge is 0.316 e. The van der Waals surface area contributed by atoms with Gasteiger partial charge in [0.15, 0.2) is 0 Å². The third-order valence-electron chi connectivity index (χ3n) is 4.05. The second kappa shape index (κ2) is 9.60. The summed E-state index contributed by atoms with van der Waals surface area (Å²) < 4.78 is 0. The lowest BCUT2D eigenvalue weighted by atomic mass is 10.2. The Morgan fingerprint density at radius 3 is 2.00 bits per heavy atom. The molecular weight excluding hydrogens is 356 g/mol. The van der Waals surface area contributed by atoms with Gasteiger partial charge in [-0.15, -0.1) is 0 Å². The molecule has 0 aliphatic heterocycles. The first kappa shape index (κ1) is 18.7. The van der Waals surface area contributed by atoms with E-state index in [4.69, 9.17) is 11.6 Å². The Balaban J connectivity index is 1.69. The number of hydrogen-bond acceptors (Lipinski definition) is 1. The van der Waals surface area contributed by atoms with Crippen LogP contribution in [0.1, 0.15) is 16.7 Å². The molecule has 3 rings (SSSR count). The van der Waals surface area contributed by atoms with Crippen LogP contribution in [-0.2, 0) is 13.1 Å². The van der Waals surface area contributed by atoms with Crippen molar-refractivity contribution in [3.8, 4) is 0 Å². The van der Waals surface area contributed by atoms with Crippen molar-refractivity contribution in [1.82, 2.24) is 10.2 Å². The van der Waals surface area contributed by atoms with Crippen LogP contribution in [0.5, 0.6) is 0 Å². The highest BCUT2D eigenvalue weighted by Crippen LogP contribution is 2.12. The second-order valence-electron chi connectivity index (χ2n) is 6.17. The van der Waals surface area contributed by atoms with Gasteiger partial charge in [-0.25, -0.2) is 4.79 Å². The number of amides is 2. The van der Waals surface area contributed by atoms with Crippen LogP contribution in [0.25, 0.3) is 6.08 Å². The van der Waals surface area contributed by atoms with E-state index in [2.05, 4.69) is 5.32 Å². The Labute approximate surface area is 164 Å². The monoisotopic (exact) mass is 376 g/mol. The Morgan fingerprint density at radius 2 is 1.44 bits per heavy atom. The van der Waals surface area contributed by atoms with Crippen LogP contribution in [0, 0.1) is 0 Å². The van der Waals surface area contributed by atoms with E-state index in [0.717, 1.165) is 16.7 Å². The quantitative estimate of drug-likeness (QED) is 0.586. The highest BCUT2D eigenvalue weighted by atomic mass is 35.5. The van der Waals surface area contributed by atoms with Crippen LogP contribution in [0.3, 0.4) is 0 Å². The van der Waals surface area contributed by atoms with Crippen molar-refractivity contribution in [2.45, 2.75) is 13.1 Å². The number of rotatable bonds is 6. The van der Waals surface area contributed by atoms with Crippen molar-refractivity contribution in [2.24, 2.45) is 0 Å². The molecule has 0 unspecified atom stereocenters. The molecule has 0 fully saturated rings. The summed E-state index contributed by atoms with van der Waals surface area (Å²) >= 11 is 5.99. The number of carbonyl (C=O) groups excluding carboxylic acids is 1. The van der Waals surface area contributed by atoms with Gasteiger partial charge in [-0.2, -0.15) is 0 Å². The van der Waals surface area contributed by atoms with Gasteiger partial charge in [0, 0.05) is 24.3 Å². The zero-order chi connectivity index (χ0) is 18.9. The molecule has 0 spiro atoms. The van der Waals surface area contributed by atoms with Crippen molar-refractivity contribution in [3.63, 3.8) is 0 Å². The fraction of sp³-hybridized carbons (Fsp3) is 0.0870. The molecule has 1 N–H and O–H groups in total.